The molecule has 2 aromatic heterocycles. The molecule has 0 radical (unpaired) electrons. The van der Waals surface area contributed by atoms with Gasteiger partial charge in [-0.15, -0.1) is 5.10 Å². The number of aromatic nitrogens is 5. The number of para-hydroxylation sites is 1. The number of benzene rings is 2. The number of tetrazole rings is 1. The van der Waals surface area contributed by atoms with Crippen molar-refractivity contribution in [2.45, 2.75) is 25.9 Å². The molecule has 0 atom stereocenters. The second-order valence-electron chi connectivity index (χ2n) is 6.52. The molecule has 0 saturated carbocycles. The molecular weight excluding hydrogens is 358 g/mol. The molecule has 6 nitrogen and oxygen atoms in total. The number of thioether (sulfide) groups is 1. The fraction of sp³-hybridized carbons (Fsp3) is 0.200. The molecule has 7 heteroatoms. The van der Waals surface area contributed by atoms with E-state index >= 15 is 0 Å². The van der Waals surface area contributed by atoms with Gasteiger partial charge in [-0.3, -0.25) is 4.79 Å². The molecule has 136 valence electrons. The third kappa shape index (κ3) is 3.26. The molecular formula is C20H19N5OS. The Hall–Kier alpha value is -2.93. The van der Waals surface area contributed by atoms with Gasteiger partial charge < -0.3 is 4.98 Å². The summed E-state index contributed by atoms with van der Waals surface area (Å²) < 4.78 is 1.67. The van der Waals surface area contributed by atoms with Crippen LogP contribution in [-0.2, 0) is 0 Å². The summed E-state index contributed by atoms with van der Waals surface area (Å²) in [5.74, 6) is 0.332. The number of aryl methyl sites for hydroxylation is 3. The molecule has 4 aromatic rings. The fourth-order valence-corrected chi connectivity index (χ4v) is 3.89. The second kappa shape index (κ2) is 7.00. The number of nitrogens with zero attached hydrogens (tertiary/aromatic N) is 4. The van der Waals surface area contributed by atoms with Crippen LogP contribution in [0.15, 0.2) is 47.6 Å². The second-order valence-corrected chi connectivity index (χ2v) is 7.47. The third-order valence-corrected chi connectivity index (χ3v) is 5.60. The van der Waals surface area contributed by atoms with Crippen LogP contribution in [-0.4, -0.2) is 36.7 Å². The van der Waals surface area contributed by atoms with Crippen LogP contribution in [0.2, 0.25) is 0 Å². The lowest BCUT2D eigenvalue weighted by atomic mass is 10.1. The van der Waals surface area contributed by atoms with Crippen molar-refractivity contribution in [2.75, 3.05) is 5.75 Å². The Morgan fingerprint density at radius 1 is 1.11 bits per heavy atom. The zero-order valence-electron chi connectivity index (χ0n) is 15.4. The minimum absolute atomic E-state index is 0.0598. The van der Waals surface area contributed by atoms with Gasteiger partial charge in [0.1, 0.15) is 0 Å². The maximum absolute atomic E-state index is 12.9. The van der Waals surface area contributed by atoms with Gasteiger partial charge in [0.05, 0.1) is 11.4 Å². The molecule has 2 heterocycles. The molecule has 2 aromatic carbocycles. The largest absolute Gasteiger partial charge is 0.358 e. The molecule has 27 heavy (non-hydrogen) atoms. The van der Waals surface area contributed by atoms with E-state index in [9.17, 15) is 4.79 Å². The van der Waals surface area contributed by atoms with Crippen LogP contribution >= 0.6 is 11.8 Å². The number of fused-ring (bicyclic) bond motifs is 1. The van der Waals surface area contributed by atoms with E-state index in [0.717, 1.165) is 27.8 Å². The zero-order chi connectivity index (χ0) is 19.0. The van der Waals surface area contributed by atoms with Gasteiger partial charge in [0.2, 0.25) is 5.16 Å². The van der Waals surface area contributed by atoms with Gasteiger partial charge in [-0.1, -0.05) is 36.0 Å². The van der Waals surface area contributed by atoms with Crippen LogP contribution < -0.4 is 0 Å². The molecule has 0 amide bonds. The van der Waals surface area contributed by atoms with Crippen LogP contribution in [0.4, 0.5) is 0 Å². The van der Waals surface area contributed by atoms with Crippen LogP contribution in [0.5, 0.6) is 0 Å². The first-order valence-corrected chi connectivity index (χ1v) is 9.62. The summed E-state index contributed by atoms with van der Waals surface area (Å²) in [4.78, 5) is 16.1. The van der Waals surface area contributed by atoms with Gasteiger partial charge in [-0.2, -0.15) is 4.68 Å². The number of nitrogens with one attached hydrogen (secondary N) is 1. The lowest BCUT2D eigenvalue weighted by molar-refractivity contribution is 0.102. The molecule has 0 saturated heterocycles. The fourth-order valence-electron chi connectivity index (χ4n) is 3.13. The van der Waals surface area contributed by atoms with Crippen molar-refractivity contribution < 1.29 is 4.79 Å². The summed E-state index contributed by atoms with van der Waals surface area (Å²) in [7, 11) is 0. The highest BCUT2D eigenvalue weighted by atomic mass is 32.2. The molecule has 4 rings (SSSR count). The quantitative estimate of drug-likeness (QED) is 0.419. The number of H-pyrrole nitrogens is 1. The molecule has 0 aliphatic heterocycles. The summed E-state index contributed by atoms with van der Waals surface area (Å²) in [6.07, 6.45) is 0. The van der Waals surface area contributed by atoms with E-state index in [0.29, 0.717) is 5.16 Å². The normalized spacial score (nSPS) is 11.2. The Morgan fingerprint density at radius 3 is 2.74 bits per heavy atom. The molecule has 1 N–H and O–H groups in total. The average molecular weight is 377 g/mol. The van der Waals surface area contributed by atoms with E-state index in [1.807, 2.05) is 49.4 Å². The summed E-state index contributed by atoms with van der Waals surface area (Å²) in [6, 6.07) is 13.9. The van der Waals surface area contributed by atoms with Gasteiger partial charge in [-0.05, 0) is 60.5 Å². The van der Waals surface area contributed by atoms with E-state index in [1.165, 1.54) is 22.9 Å². The monoisotopic (exact) mass is 377 g/mol. The smallest absolute Gasteiger partial charge is 0.214 e. The zero-order valence-corrected chi connectivity index (χ0v) is 16.2. The van der Waals surface area contributed by atoms with Crippen molar-refractivity contribution in [2.24, 2.45) is 0 Å². The van der Waals surface area contributed by atoms with E-state index in [4.69, 9.17) is 0 Å². The number of rotatable bonds is 5. The van der Waals surface area contributed by atoms with Crippen molar-refractivity contribution in [3.8, 4) is 5.69 Å². The number of hydrogen-bond acceptors (Lipinski definition) is 5. The predicted octanol–water partition coefficient (Wildman–Crippen LogP) is 4.04. The Labute approximate surface area is 161 Å². The van der Waals surface area contributed by atoms with Crippen LogP contribution in [0.3, 0.4) is 0 Å². The van der Waals surface area contributed by atoms with Crippen LogP contribution in [0.1, 0.15) is 27.2 Å². The van der Waals surface area contributed by atoms with Gasteiger partial charge in [-0.25, -0.2) is 0 Å². The van der Waals surface area contributed by atoms with E-state index < -0.39 is 0 Å². The minimum Gasteiger partial charge on any atom is -0.358 e. The van der Waals surface area contributed by atoms with Crippen LogP contribution in [0.25, 0.3) is 16.6 Å². The Morgan fingerprint density at radius 2 is 1.93 bits per heavy atom. The number of carbonyl (C=O) groups is 1. The summed E-state index contributed by atoms with van der Waals surface area (Å²) in [5.41, 5.74) is 5.87. The number of carbonyl (C=O) groups excluding carboxylic acids is 1. The van der Waals surface area contributed by atoms with Gasteiger partial charge in [0, 0.05) is 22.2 Å². The van der Waals surface area contributed by atoms with Crippen molar-refractivity contribution in [1.82, 2.24) is 25.2 Å². The number of Topliss-reactive ketones (excluding diaryl/α,β-unsaturated/α-hetero) is 1. The van der Waals surface area contributed by atoms with Crippen molar-refractivity contribution in [1.29, 1.82) is 0 Å². The average Bonchev–Trinajstić information content (AvgIpc) is 3.25. The van der Waals surface area contributed by atoms with E-state index in [1.54, 1.807) is 4.68 Å². The topological polar surface area (TPSA) is 76.5 Å². The molecule has 0 aliphatic carbocycles. The first-order chi connectivity index (χ1) is 13.0. The highest BCUT2D eigenvalue weighted by Crippen LogP contribution is 2.26. The first kappa shape index (κ1) is 17.5. The Kier molecular flexibility index (Phi) is 4.53. The van der Waals surface area contributed by atoms with Gasteiger partial charge in [0.15, 0.2) is 5.78 Å². The third-order valence-electron chi connectivity index (χ3n) is 4.68. The highest BCUT2D eigenvalue weighted by molar-refractivity contribution is 7.99. The van der Waals surface area contributed by atoms with Crippen molar-refractivity contribution in [3.05, 3.63) is 64.8 Å². The maximum Gasteiger partial charge on any atom is 0.214 e. The molecule has 0 spiro atoms. The number of ketones is 1. The minimum atomic E-state index is 0.0598. The SMILES string of the molecule is Cc1ccc(-n2nnnc2SCC(=O)c2c(C)[nH]c3ccccc23)cc1C. The van der Waals surface area contributed by atoms with Crippen molar-refractivity contribution in [3.63, 3.8) is 0 Å². The van der Waals surface area contributed by atoms with E-state index in [-0.39, 0.29) is 11.5 Å². The summed E-state index contributed by atoms with van der Waals surface area (Å²) in [6.45, 7) is 6.05. The van der Waals surface area contributed by atoms with Crippen LogP contribution in [0, 0.1) is 20.8 Å². The summed E-state index contributed by atoms with van der Waals surface area (Å²) in [5, 5.41) is 13.5. The Bertz CT molecular complexity index is 1140. The van der Waals surface area contributed by atoms with E-state index in [2.05, 4.69) is 34.4 Å². The lowest BCUT2D eigenvalue weighted by Gasteiger charge is -2.07. The summed E-state index contributed by atoms with van der Waals surface area (Å²) >= 11 is 1.35. The first-order valence-electron chi connectivity index (χ1n) is 8.64. The molecule has 0 bridgehead atoms. The lowest BCUT2D eigenvalue weighted by Crippen LogP contribution is -2.06. The van der Waals surface area contributed by atoms with Gasteiger partial charge in [0.25, 0.3) is 0 Å². The maximum atomic E-state index is 12.9. The number of hydrogen-bond donors (Lipinski definition) is 1. The highest BCUT2D eigenvalue weighted by Gasteiger charge is 2.18. The molecule has 0 unspecified atom stereocenters. The standard InChI is InChI=1S/C20H19N5OS/c1-12-8-9-15(10-13(12)2)25-20(22-23-24-25)27-11-18(26)19-14(3)21-17-7-5-4-6-16(17)19/h4-10,21H,11H2,1-3H3. The molecule has 0 aliphatic rings. The predicted molar refractivity (Wildman–Crippen MR) is 107 cm³/mol. The Balaban J connectivity index is 1.57. The number of aromatic amines is 1. The van der Waals surface area contributed by atoms with Gasteiger partial charge >= 0.3 is 0 Å². The molecule has 0 fully saturated rings. The van der Waals surface area contributed by atoms with Crippen molar-refractivity contribution >= 4 is 28.4 Å².